The topological polar surface area (TPSA) is 61.9 Å². The number of rotatable bonds is 5. The number of nitrogens with one attached hydrogen (secondary N) is 1. The van der Waals surface area contributed by atoms with Crippen LogP contribution in [0.5, 0.6) is 0 Å². The Bertz CT molecular complexity index is 701. The van der Waals surface area contributed by atoms with E-state index in [1.54, 1.807) is 34.1 Å². The van der Waals surface area contributed by atoms with Crippen molar-refractivity contribution in [2.24, 2.45) is 5.92 Å². The summed E-state index contributed by atoms with van der Waals surface area (Å²) in [5.41, 5.74) is 0.337. The van der Waals surface area contributed by atoms with Crippen molar-refractivity contribution in [2.45, 2.75) is 31.3 Å². The molecule has 0 saturated carbocycles. The van der Waals surface area contributed by atoms with E-state index >= 15 is 0 Å². The molecule has 0 atom stereocenters. The molecule has 6 nitrogen and oxygen atoms in total. The quantitative estimate of drug-likeness (QED) is 0.686. The Kier molecular flexibility index (Phi) is 8.48. The van der Waals surface area contributed by atoms with E-state index in [4.69, 9.17) is 4.74 Å². The molecule has 1 aliphatic heterocycles. The lowest BCUT2D eigenvalue weighted by Gasteiger charge is -2.23. The maximum absolute atomic E-state index is 12.6. The van der Waals surface area contributed by atoms with Gasteiger partial charge in [0.05, 0.1) is 18.0 Å². The van der Waals surface area contributed by atoms with Gasteiger partial charge in [0.2, 0.25) is 0 Å². The molecule has 162 valence electrons. The number of ether oxygens (including phenoxy) is 1. The van der Waals surface area contributed by atoms with Crippen molar-refractivity contribution < 1.29 is 27.5 Å². The number of benzene rings is 1. The minimum atomic E-state index is -4.29. The van der Waals surface area contributed by atoms with E-state index in [0.29, 0.717) is 61.6 Å². The fourth-order valence-electron chi connectivity index (χ4n) is 2.68. The molecule has 1 N–H and O–H groups in total. The van der Waals surface area contributed by atoms with Crippen LogP contribution in [-0.4, -0.2) is 66.6 Å². The Morgan fingerprint density at radius 3 is 2.48 bits per heavy atom. The third-order valence-electron chi connectivity index (χ3n) is 4.10. The molecule has 0 bridgehead atoms. The van der Waals surface area contributed by atoms with E-state index in [1.807, 2.05) is 13.8 Å². The highest BCUT2D eigenvalue weighted by atomic mass is 32.2. The lowest BCUT2D eigenvalue weighted by Crippen LogP contribution is -2.39. The molecule has 2 rings (SSSR count). The number of alkyl halides is 3. The lowest BCUT2D eigenvalue weighted by atomic mass is 10.2. The van der Waals surface area contributed by atoms with Gasteiger partial charge >= 0.3 is 18.3 Å². The third kappa shape index (κ3) is 8.04. The number of urea groups is 1. The van der Waals surface area contributed by atoms with Gasteiger partial charge in [0.1, 0.15) is 0 Å². The monoisotopic (exact) mass is 433 g/mol. The van der Waals surface area contributed by atoms with E-state index in [1.165, 1.54) is 0 Å². The summed E-state index contributed by atoms with van der Waals surface area (Å²) in [6.07, 6.45) is -4.09. The summed E-state index contributed by atoms with van der Waals surface area (Å²) in [5, 5.41) is 2.69. The highest BCUT2D eigenvalue weighted by Crippen LogP contribution is 2.32. The van der Waals surface area contributed by atoms with Crippen LogP contribution in [0.1, 0.15) is 20.3 Å². The van der Waals surface area contributed by atoms with Crippen LogP contribution < -0.4 is 5.32 Å². The van der Waals surface area contributed by atoms with Gasteiger partial charge in [-0.3, -0.25) is 0 Å². The molecule has 1 fully saturated rings. The fourth-order valence-corrected chi connectivity index (χ4v) is 3.45. The molecule has 10 heteroatoms. The van der Waals surface area contributed by atoms with Crippen LogP contribution in [0.15, 0.2) is 29.2 Å². The van der Waals surface area contributed by atoms with Gasteiger partial charge in [-0.05, 0) is 24.5 Å². The highest BCUT2D eigenvalue weighted by molar-refractivity contribution is 7.99. The Hall–Kier alpha value is -2.10. The van der Waals surface area contributed by atoms with Crippen molar-refractivity contribution >= 4 is 29.6 Å². The van der Waals surface area contributed by atoms with Gasteiger partial charge in [-0.1, -0.05) is 26.0 Å². The second-order valence-electron chi connectivity index (χ2n) is 7.13. The summed E-state index contributed by atoms with van der Waals surface area (Å²) in [6.45, 7) is 5.83. The van der Waals surface area contributed by atoms with Crippen LogP contribution in [0.4, 0.5) is 28.4 Å². The van der Waals surface area contributed by atoms with Gasteiger partial charge < -0.3 is 19.9 Å². The van der Waals surface area contributed by atoms with Crippen LogP contribution >= 0.6 is 11.8 Å². The number of para-hydroxylation sites is 1. The maximum Gasteiger partial charge on any atom is 0.409 e. The number of amides is 3. The number of carbonyl (C=O) groups excluding carboxylic acids is 2. The molecular formula is C19H26F3N3O3S. The normalized spacial score (nSPS) is 15.2. The number of thioether (sulfide) groups is 1. The largest absolute Gasteiger partial charge is 0.449 e. The van der Waals surface area contributed by atoms with Crippen molar-refractivity contribution in [2.75, 3.05) is 43.9 Å². The first kappa shape index (κ1) is 23.2. The van der Waals surface area contributed by atoms with Gasteiger partial charge in [-0.25, -0.2) is 9.59 Å². The van der Waals surface area contributed by atoms with Crippen molar-refractivity contribution in [3.8, 4) is 0 Å². The Morgan fingerprint density at radius 2 is 1.79 bits per heavy atom. The molecule has 0 aliphatic carbocycles. The molecule has 1 saturated heterocycles. The predicted octanol–water partition coefficient (Wildman–Crippen LogP) is 4.67. The zero-order valence-electron chi connectivity index (χ0n) is 16.5. The SMILES string of the molecule is CC(C)COC(=O)N1CCCN(C(=O)Nc2ccccc2SCC(F)(F)F)CC1. The first-order valence-corrected chi connectivity index (χ1v) is 10.4. The third-order valence-corrected chi connectivity index (χ3v) is 5.24. The number of anilines is 1. The summed E-state index contributed by atoms with van der Waals surface area (Å²) in [7, 11) is 0. The van der Waals surface area contributed by atoms with Crippen LogP contribution in [0.3, 0.4) is 0 Å². The average molecular weight is 433 g/mol. The van der Waals surface area contributed by atoms with Crippen molar-refractivity contribution in [1.82, 2.24) is 9.80 Å². The summed E-state index contributed by atoms with van der Waals surface area (Å²) in [5.74, 6) is -0.791. The summed E-state index contributed by atoms with van der Waals surface area (Å²) >= 11 is 0.631. The minimum absolute atomic E-state index is 0.239. The number of halogens is 3. The van der Waals surface area contributed by atoms with Crippen LogP contribution in [-0.2, 0) is 4.74 Å². The Balaban J connectivity index is 1.92. The van der Waals surface area contributed by atoms with Crippen LogP contribution in [0, 0.1) is 5.92 Å². The molecule has 0 radical (unpaired) electrons. The van der Waals surface area contributed by atoms with Crippen molar-refractivity contribution in [3.05, 3.63) is 24.3 Å². The van der Waals surface area contributed by atoms with Crippen LogP contribution in [0.25, 0.3) is 0 Å². The standard InChI is InChI=1S/C19H26F3N3O3S/c1-14(2)12-28-18(27)25-9-5-8-24(10-11-25)17(26)23-15-6-3-4-7-16(15)29-13-19(20,21)22/h3-4,6-7,14H,5,8-13H2,1-2H3,(H,23,26). The van der Waals surface area contributed by atoms with Gasteiger partial charge in [0.15, 0.2) is 0 Å². The van der Waals surface area contributed by atoms with E-state index < -0.39 is 24.1 Å². The molecule has 0 aromatic heterocycles. The second-order valence-corrected chi connectivity index (χ2v) is 8.15. The highest BCUT2D eigenvalue weighted by Gasteiger charge is 2.28. The molecule has 1 aromatic carbocycles. The average Bonchev–Trinajstić information content (AvgIpc) is 2.91. The predicted molar refractivity (Wildman–Crippen MR) is 106 cm³/mol. The van der Waals surface area contributed by atoms with E-state index in [-0.39, 0.29) is 5.92 Å². The van der Waals surface area contributed by atoms with Gasteiger partial charge in [0, 0.05) is 31.1 Å². The molecule has 3 amide bonds. The molecule has 1 aromatic rings. The summed E-state index contributed by atoms with van der Waals surface area (Å²) in [4.78, 5) is 28.2. The lowest BCUT2D eigenvalue weighted by molar-refractivity contribution is -0.105. The van der Waals surface area contributed by atoms with E-state index in [0.717, 1.165) is 0 Å². The van der Waals surface area contributed by atoms with Gasteiger partial charge in [-0.15, -0.1) is 11.8 Å². The van der Waals surface area contributed by atoms with Crippen LogP contribution in [0.2, 0.25) is 0 Å². The van der Waals surface area contributed by atoms with E-state index in [2.05, 4.69) is 5.32 Å². The Morgan fingerprint density at radius 1 is 1.14 bits per heavy atom. The fraction of sp³-hybridized carbons (Fsp3) is 0.579. The van der Waals surface area contributed by atoms with Gasteiger partial charge in [-0.2, -0.15) is 13.2 Å². The first-order chi connectivity index (χ1) is 13.7. The van der Waals surface area contributed by atoms with Gasteiger partial charge in [0.25, 0.3) is 0 Å². The molecular weight excluding hydrogens is 407 g/mol. The number of nitrogens with zero attached hydrogens (tertiary/aromatic N) is 2. The smallest absolute Gasteiger partial charge is 0.409 e. The minimum Gasteiger partial charge on any atom is -0.449 e. The molecule has 0 spiro atoms. The molecule has 1 aliphatic rings. The van der Waals surface area contributed by atoms with Crippen molar-refractivity contribution in [1.29, 1.82) is 0 Å². The zero-order valence-corrected chi connectivity index (χ0v) is 17.3. The molecule has 1 heterocycles. The number of hydrogen-bond donors (Lipinski definition) is 1. The summed E-state index contributed by atoms with van der Waals surface area (Å²) in [6, 6.07) is 6.00. The summed E-state index contributed by atoms with van der Waals surface area (Å²) < 4.78 is 42.8. The number of carbonyl (C=O) groups is 2. The first-order valence-electron chi connectivity index (χ1n) is 9.42. The molecule has 29 heavy (non-hydrogen) atoms. The second kappa shape index (κ2) is 10.6. The van der Waals surface area contributed by atoms with Crippen molar-refractivity contribution in [3.63, 3.8) is 0 Å². The Labute approximate surface area is 172 Å². The zero-order chi connectivity index (χ0) is 21.4. The van der Waals surface area contributed by atoms with E-state index in [9.17, 15) is 22.8 Å². The number of hydrogen-bond acceptors (Lipinski definition) is 4. The maximum atomic E-state index is 12.6. The molecule has 0 unspecified atom stereocenters.